The highest BCUT2D eigenvalue weighted by molar-refractivity contribution is 6.74. The van der Waals surface area contributed by atoms with E-state index < -0.39 is 13.7 Å². The van der Waals surface area contributed by atoms with E-state index in [1.54, 1.807) is 0 Å². The van der Waals surface area contributed by atoms with Crippen molar-refractivity contribution in [2.45, 2.75) is 130 Å². The van der Waals surface area contributed by atoms with E-state index in [4.69, 9.17) is 13.9 Å². The topological polar surface area (TPSA) is 61.8 Å². The van der Waals surface area contributed by atoms with E-state index >= 15 is 0 Å². The molecule has 0 saturated carbocycles. The highest BCUT2D eigenvalue weighted by atomic mass is 28.4. The number of hydrogen-bond acceptors (Lipinski definition) is 5. The number of hydrogen-bond donors (Lipinski definition) is 0. The number of ether oxygens (including phenoxy) is 2. The molecule has 0 N–H and O–H groups in total. The average molecular weight is 533 g/mol. The molecule has 0 amide bonds. The number of fused-ring (bicyclic) bond motifs is 1. The Hall–Kier alpha value is -1.40. The minimum atomic E-state index is -1.96. The molecule has 3 rings (SSSR count). The zero-order valence-electron chi connectivity index (χ0n) is 25.1. The van der Waals surface area contributed by atoms with Crippen molar-refractivity contribution < 1.29 is 23.5 Å². The van der Waals surface area contributed by atoms with Gasteiger partial charge in [0.2, 0.25) is 0 Å². The van der Waals surface area contributed by atoms with Crippen LogP contribution in [0.5, 0.6) is 0 Å². The van der Waals surface area contributed by atoms with Crippen molar-refractivity contribution in [3.63, 3.8) is 0 Å². The van der Waals surface area contributed by atoms with Crippen LogP contribution in [0.3, 0.4) is 0 Å². The molecule has 0 aromatic rings. The predicted molar refractivity (Wildman–Crippen MR) is 152 cm³/mol. The zero-order valence-corrected chi connectivity index (χ0v) is 26.1. The summed E-state index contributed by atoms with van der Waals surface area (Å²) < 4.78 is 18.7. The second-order valence-corrected chi connectivity index (χ2v) is 18.9. The van der Waals surface area contributed by atoms with Crippen molar-refractivity contribution in [2.75, 3.05) is 0 Å². The smallest absolute Gasteiger partial charge is 0.311 e. The highest BCUT2D eigenvalue weighted by Gasteiger charge is 2.44. The van der Waals surface area contributed by atoms with E-state index in [1.807, 2.05) is 20.8 Å². The van der Waals surface area contributed by atoms with Crippen molar-refractivity contribution in [3.05, 3.63) is 23.8 Å². The van der Waals surface area contributed by atoms with Gasteiger partial charge in [-0.1, -0.05) is 59.8 Å². The van der Waals surface area contributed by atoms with Gasteiger partial charge in [0.15, 0.2) is 8.32 Å². The van der Waals surface area contributed by atoms with Crippen LogP contribution in [0.1, 0.15) is 93.9 Å². The monoisotopic (exact) mass is 532 g/mol. The fraction of sp³-hybridized carbons (Fsp3) is 0.806. The van der Waals surface area contributed by atoms with Crippen LogP contribution in [-0.4, -0.2) is 38.6 Å². The van der Waals surface area contributed by atoms with Crippen LogP contribution in [0.15, 0.2) is 23.8 Å². The van der Waals surface area contributed by atoms with Gasteiger partial charge in [0.05, 0.1) is 17.9 Å². The first-order chi connectivity index (χ1) is 17.0. The lowest BCUT2D eigenvalue weighted by Crippen LogP contribution is -2.47. The van der Waals surface area contributed by atoms with E-state index in [0.29, 0.717) is 24.2 Å². The summed E-state index contributed by atoms with van der Waals surface area (Å²) >= 11 is 0. The van der Waals surface area contributed by atoms with Gasteiger partial charge in [0.1, 0.15) is 12.2 Å². The van der Waals surface area contributed by atoms with Crippen molar-refractivity contribution in [1.82, 2.24) is 0 Å². The molecule has 1 aliphatic heterocycles. The van der Waals surface area contributed by atoms with Crippen molar-refractivity contribution in [1.29, 1.82) is 0 Å². The van der Waals surface area contributed by atoms with E-state index in [-0.39, 0.29) is 41.2 Å². The number of allylic oxidation sites excluding steroid dienone is 3. The van der Waals surface area contributed by atoms with Gasteiger partial charge in [-0.3, -0.25) is 9.59 Å². The molecule has 2 aliphatic carbocycles. The summed E-state index contributed by atoms with van der Waals surface area (Å²) in [6.45, 7) is 21.6. The summed E-state index contributed by atoms with van der Waals surface area (Å²) in [5.74, 6) is 1.03. The maximum atomic E-state index is 13.1. The first-order valence-corrected chi connectivity index (χ1v) is 17.4. The van der Waals surface area contributed by atoms with Gasteiger partial charge >= 0.3 is 11.9 Å². The van der Waals surface area contributed by atoms with Crippen molar-refractivity contribution >= 4 is 20.3 Å². The summed E-state index contributed by atoms with van der Waals surface area (Å²) in [4.78, 5) is 25.6. The lowest BCUT2D eigenvalue weighted by Gasteiger charge is -2.44. The molecule has 2 unspecified atom stereocenters. The second-order valence-electron chi connectivity index (χ2n) is 14.1. The van der Waals surface area contributed by atoms with Crippen LogP contribution in [0.25, 0.3) is 0 Å². The van der Waals surface area contributed by atoms with E-state index in [9.17, 15) is 9.59 Å². The molecule has 210 valence electrons. The summed E-state index contributed by atoms with van der Waals surface area (Å²) in [6.07, 6.45) is 11.1. The van der Waals surface area contributed by atoms with Crippen LogP contribution in [0.4, 0.5) is 0 Å². The van der Waals surface area contributed by atoms with Crippen LogP contribution in [-0.2, 0) is 23.5 Å². The molecule has 0 radical (unpaired) electrons. The molecule has 0 bridgehead atoms. The number of esters is 2. The molecule has 1 fully saturated rings. The Morgan fingerprint density at radius 1 is 1.11 bits per heavy atom. The fourth-order valence-electron chi connectivity index (χ4n) is 5.75. The van der Waals surface area contributed by atoms with Gasteiger partial charge in [-0.2, -0.15) is 0 Å². The molecule has 0 aromatic carbocycles. The summed E-state index contributed by atoms with van der Waals surface area (Å²) in [5.41, 5.74) is 0.819. The zero-order chi connectivity index (χ0) is 27.8. The van der Waals surface area contributed by atoms with E-state index in [2.05, 4.69) is 65.9 Å². The SMILES string of the molecule is CCC(C)(C)C(=O)O[C@H]1C[C@@H](C)C=C2C=C[C@H](C)[C@H](CCC3C[C@@H](O[Si](C)(C)C(C)(C)C)CC(=O)O3)C21. The van der Waals surface area contributed by atoms with E-state index in [0.717, 1.165) is 32.1 Å². The van der Waals surface area contributed by atoms with Gasteiger partial charge in [-0.25, -0.2) is 0 Å². The number of carbonyl (C=O) groups is 2. The highest BCUT2D eigenvalue weighted by Crippen LogP contribution is 2.46. The van der Waals surface area contributed by atoms with Gasteiger partial charge in [-0.05, 0) is 81.0 Å². The average Bonchev–Trinajstić information content (AvgIpc) is 2.77. The Kier molecular flexibility index (Phi) is 9.27. The minimum absolute atomic E-state index is 0.0632. The Morgan fingerprint density at radius 3 is 2.41 bits per heavy atom. The number of carbonyl (C=O) groups excluding carboxylic acids is 2. The number of rotatable bonds is 8. The van der Waals surface area contributed by atoms with E-state index in [1.165, 1.54) is 5.57 Å². The predicted octanol–water partition coefficient (Wildman–Crippen LogP) is 7.62. The van der Waals surface area contributed by atoms with Gasteiger partial charge in [0.25, 0.3) is 0 Å². The number of cyclic esters (lactones) is 1. The summed E-state index contributed by atoms with van der Waals surface area (Å²) in [5, 5.41) is 0.105. The largest absolute Gasteiger partial charge is 0.462 e. The molecular weight excluding hydrogens is 480 g/mol. The first kappa shape index (κ1) is 30.1. The lowest BCUT2D eigenvalue weighted by atomic mass is 9.65. The lowest BCUT2D eigenvalue weighted by molar-refractivity contribution is -0.165. The summed E-state index contributed by atoms with van der Waals surface area (Å²) in [7, 11) is -1.96. The van der Waals surface area contributed by atoms with Crippen LogP contribution in [0.2, 0.25) is 18.1 Å². The van der Waals surface area contributed by atoms with Gasteiger partial charge < -0.3 is 13.9 Å². The third kappa shape index (κ3) is 7.17. The Balaban J connectivity index is 1.73. The Bertz CT molecular complexity index is 896. The van der Waals surface area contributed by atoms with Gasteiger partial charge in [0, 0.05) is 12.3 Å². The van der Waals surface area contributed by atoms with Crippen molar-refractivity contribution in [3.8, 4) is 0 Å². The van der Waals surface area contributed by atoms with Crippen LogP contribution < -0.4 is 0 Å². The van der Waals surface area contributed by atoms with Crippen molar-refractivity contribution in [2.24, 2.45) is 29.1 Å². The first-order valence-electron chi connectivity index (χ1n) is 14.5. The normalized spacial score (nSPS) is 32.9. The molecule has 5 nitrogen and oxygen atoms in total. The van der Waals surface area contributed by atoms with Gasteiger partial charge in [-0.15, -0.1) is 0 Å². The Labute approximate surface area is 226 Å². The fourth-order valence-corrected chi connectivity index (χ4v) is 7.11. The molecule has 37 heavy (non-hydrogen) atoms. The molecule has 7 atom stereocenters. The molecule has 1 saturated heterocycles. The quantitative estimate of drug-likeness (QED) is 0.238. The Morgan fingerprint density at radius 2 is 1.78 bits per heavy atom. The standard InChI is InChI=1S/C31H52O5Si/c1-11-31(7,8)29(33)35-26-17-20(2)16-22-13-12-21(3)25(28(22)26)15-14-23-18-24(19-27(32)34-23)36-37(9,10)30(4,5)6/h12-13,16,20-21,23-26,28H,11,14-15,17-19H2,1-10H3/t20-,21-,23?,24+,25-,26-,28?/m0/s1. The van der Waals surface area contributed by atoms with Crippen LogP contribution >= 0.6 is 0 Å². The molecule has 6 heteroatoms. The van der Waals surface area contributed by atoms with Crippen LogP contribution in [0, 0.1) is 29.1 Å². The molecule has 1 heterocycles. The molecule has 3 aliphatic rings. The maximum absolute atomic E-state index is 13.1. The summed E-state index contributed by atoms with van der Waals surface area (Å²) in [6, 6.07) is 0. The third-order valence-electron chi connectivity index (χ3n) is 9.60. The maximum Gasteiger partial charge on any atom is 0.311 e. The third-order valence-corrected chi connectivity index (χ3v) is 14.1. The molecule has 0 aromatic heterocycles. The minimum Gasteiger partial charge on any atom is -0.462 e. The molecule has 0 spiro atoms. The second kappa shape index (κ2) is 11.4. The molecular formula is C31H52O5Si.